The van der Waals surface area contributed by atoms with Crippen molar-refractivity contribution in [2.24, 2.45) is 0 Å². The summed E-state index contributed by atoms with van der Waals surface area (Å²) in [4.78, 5) is 8.10. The van der Waals surface area contributed by atoms with Crippen molar-refractivity contribution in [3.63, 3.8) is 0 Å². The number of nitrogens with one attached hydrogen (secondary N) is 1. The molecule has 27 heavy (non-hydrogen) atoms. The SMILES string of the molecule is O=S(=O)(Nc1cc(OC[C@@H](O)CO)nc(SCCC(F)CF)n1)N1CCC1. The molecule has 0 aromatic carbocycles. The highest BCUT2D eigenvalue weighted by Gasteiger charge is 2.28. The van der Waals surface area contributed by atoms with Gasteiger partial charge in [0.25, 0.3) is 0 Å². The number of aliphatic hydroxyl groups is 2. The third-order valence-corrected chi connectivity index (χ3v) is 5.93. The molecule has 154 valence electrons. The lowest BCUT2D eigenvalue weighted by molar-refractivity contribution is 0.0518. The molecule has 0 aliphatic carbocycles. The Balaban J connectivity index is 2.11. The van der Waals surface area contributed by atoms with Gasteiger partial charge in [-0.3, -0.25) is 4.72 Å². The van der Waals surface area contributed by atoms with Crippen molar-refractivity contribution in [1.29, 1.82) is 0 Å². The van der Waals surface area contributed by atoms with Gasteiger partial charge < -0.3 is 14.9 Å². The quantitative estimate of drug-likeness (QED) is 0.322. The van der Waals surface area contributed by atoms with Gasteiger partial charge in [-0.2, -0.15) is 17.7 Å². The maximum Gasteiger partial charge on any atom is 0.302 e. The molecule has 2 heterocycles. The average molecular weight is 428 g/mol. The van der Waals surface area contributed by atoms with Crippen molar-refractivity contribution in [3.8, 4) is 5.88 Å². The van der Waals surface area contributed by atoms with Crippen LogP contribution in [0.5, 0.6) is 5.88 Å². The molecule has 1 fully saturated rings. The number of halogens is 2. The van der Waals surface area contributed by atoms with Gasteiger partial charge in [-0.1, -0.05) is 11.8 Å². The second-order valence-electron chi connectivity index (χ2n) is 5.77. The van der Waals surface area contributed by atoms with Crippen LogP contribution in [-0.2, 0) is 10.2 Å². The van der Waals surface area contributed by atoms with Crippen LogP contribution in [0.15, 0.2) is 11.2 Å². The fraction of sp³-hybridized carbons (Fsp3) is 0.714. The van der Waals surface area contributed by atoms with Gasteiger partial charge in [0.15, 0.2) is 5.16 Å². The van der Waals surface area contributed by atoms with Gasteiger partial charge in [-0.05, 0) is 12.8 Å². The monoisotopic (exact) mass is 428 g/mol. The predicted octanol–water partition coefficient (Wildman–Crippen LogP) is 0.361. The zero-order valence-electron chi connectivity index (χ0n) is 14.4. The number of hydrogen-bond acceptors (Lipinski definition) is 8. The number of aromatic nitrogens is 2. The molecule has 0 amide bonds. The summed E-state index contributed by atoms with van der Waals surface area (Å²) >= 11 is 1.02. The maximum atomic E-state index is 13.0. The van der Waals surface area contributed by atoms with E-state index in [1.165, 1.54) is 10.4 Å². The Bertz CT molecular complexity index is 709. The van der Waals surface area contributed by atoms with E-state index in [-0.39, 0.29) is 35.6 Å². The van der Waals surface area contributed by atoms with E-state index in [2.05, 4.69) is 14.7 Å². The highest BCUT2D eigenvalue weighted by atomic mass is 32.2. The summed E-state index contributed by atoms with van der Waals surface area (Å²) in [5.41, 5.74) is 0. The lowest BCUT2D eigenvalue weighted by Gasteiger charge is -2.29. The minimum atomic E-state index is -3.75. The normalized spacial score (nSPS) is 17.2. The van der Waals surface area contributed by atoms with Gasteiger partial charge in [0.1, 0.15) is 31.4 Å². The average Bonchev–Trinajstić information content (AvgIpc) is 2.56. The van der Waals surface area contributed by atoms with Crippen molar-refractivity contribution in [2.75, 3.05) is 43.5 Å². The summed E-state index contributed by atoms with van der Waals surface area (Å²) in [5.74, 6) is 0.116. The molecule has 3 N–H and O–H groups in total. The van der Waals surface area contributed by atoms with E-state index in [1.807, 2.05) is 0 Å². The van der Waals surface area contributed by atoms with Gasteiger partial charge in [-0.25, -0.2) is 13.8 Å². The fourth-order valence-electron chi connectivity index (χ4n) is 1.91. The van der Waals surface area contributed by atoms with Crippen molar-refractivity contribution >= 4 is 27.8 Å². The van der Waals surface area contributed by atoms with Gasteiger partial charge in [0, 0.05) is 24.9 Å². The molecule has 2 atom stereocenters. The zero-order valence-corrected chi connectivity index (χ0v) is 16.1. The summed E-state index contributed by atoms with van der Waals surface area (Å²) in [6, 6.07) is 1.24. The van der Waals surface area contributed by atoms with Crippen molar-refractivity contribution < 1.29 is 32.1 Å². The van der Waals surface area contributed by atoms with Crippen LogP contribution in [0.4, 0.5) is 14.6 Å². The number of anilines is 1. The van der Waals surface area contributed by atoms with E-state index in [0.29, 0.717) is 13.1 Å². The lowest BCUT2D eigenvalue weighted by atomic mass is 10.3. The molecular weight excluding hydrogens is 406 g/mol. The van der Waals surface area contributed by atoms with Crippen LogP contribution in [0.2, 0.25) is 0 Å². The van der Waals surface area contributed by atoms with E-state index < -0.39 is 35.8 Å². The minimum absolute atomic E-state index is 0.0244. The highest BCUT2D eigenvalue weighted by molar-refractivity contribution is 7.99. The molecule has 1 aromatic heterocycles. The van der Waals surface area contributed by atoms with E-state index in [4.69, 9.17) is 9.84 Å². The first-order chi connectivity index (χ1) is 12.8. The van der Waals surface area contributed by atoms with Crippen LogP contribution in [0, 0.1) is 0 Å². The molecule has 0 saturated carbocycles. The third kappa shape index (κ3) is 6.99. The first kappa shape index (κ1) is 22.0. The van der Waals surface area contributed by atoms with Gasteiger partial charge >= 0.3 is 10.2 Å². The highest BCUT2D eigenvalue weighted by Crippen LogP contribution is 2.24. The number of aliphatic hydroxyl groups excluding tert-OH is 2. The Labute approximate surface area is 160 Å². The number of alkyl halides is 2. The molecule has 1 aliphatic heterocycles. The molecule has 1 aromatic rings. The molecule has 0 radical (unpaired) electrons. The van der Waals surface area contributed by atoms with Crippen LogP contribution in [-0.4, -0.2) is 83.9 Å². The van der Waals surface area contributed by atoms with E-state index >= 15 is 0 Å². The number of thioether (sulfide) groups is 1. The Hall–Kier alpha value is -1.28. The number of ether oxygens (including phenoxy) is 1. The molecule has 9 nitrogen and oxygen atoms in total. The van der Waals surface area contributed by atoms with E-state index in [9.17, 15) is 22.3 Å². The summed E-state index contributed by atoms with van der Waals surface area (Å²) in [6.07, 6.45) is -1.98. The second kappa shape index (κ2) is 10.3. The maximum absolute atomic E-state index is 13.0. The lowest BCUT2D eigenvalue weighted by Crippen LogP contribution is -2.45. The minimum Gasteiger partial charge on any atom is -0.475 e. The molecule has 0 bridgehead atoms. The zero-order chi connectivity index (χ0) is 19.9. The Morgan fingerprint density at radius 1 is 1.41 bits per heavy atom. The largest absolute Gasteiger partial charge is 0.475 e. The van der Waals surface area contributed by atoms with Crippen LogP contribution in [0.1, 0.15) is 12.8 Å². The standard InChI is InChI=1S/C14H22F2N4O5S2/c15-7-10(16)2-5-26-14-17-12(19-27(23,24)20-3-1-4-20)6-13(18-14)25-9-11(22)8-21/h6,10-11,21-22H,1-5,7-9H2,(H,17,18,19)/t10?,11-/m0/s1. The molecule has 1 aliphatic rings. The topological polar surface area (TPSA) is 125 Å². The van der Waals surface area contributed by atoms with Gasteiger partial charge in [-0.15, -0.1) is 0 Å². The Morgan fingerprint density at radius 2 is 2.15 bits per heavy atom. The number of nitrogens with zero attached hydrogens (tertiary/aromatic N) is 3. The number of hydrogen-bond donors (Lipinski definition) is 3. The molecule has 1 saturated heterocycles. The smallest absolute Gasteiger partial charge is 0.302 e. The number of rotatable bonds is 12. The second-order valence-corrected chi connectivity index (χ2v) is 8.50. The third-order valence-electron chi connectivity index (χ3n) is 3.53. The Morgan fingerprint density at radius 3 is 2.74 bits per heavy atom. The van der Waals surface area contributed by atoms with Crippen LogP contribution in [0.25, 0.3) is 0 Å². The molecular formula is C14H22F2N4O5S2. The summed E-state index contributed by atoms with van der Waals surface area (Å²) in [7, 11) is -3.75. The predicted molar refractivity (Wildman–Crippen MR) is 95.6 cm³/mol. The molecule has 1 unspecified atom stereocenters. The van der Waals surface area contributed by atoms with E-state index in [1.54, 1.807) is 0 Å². The van der Waals surface area contributed by atoms with Gasteiger partial charge in [0.05, 0.1) is 6.61 Å². The summed E-state index contributed by atoms with van der Waals surface area (Å²) in [5, 5.41) is 18.3. The van der Waals surface area contributed by atoms with Crippen molar-refractivity contribution in [3.05, 3.63) is 6.07 Å². The summed E-state index contributed by atoms with van der Waals surface area (Å²) in [6.45, 7) is -1.03. The van der Waals surface area contributed by atoms with Crippen LogP contribution < -0.4 is 9.46 Å². The summed E-state index contributed by atoms with van der Waals surface area (Å²) < 4.78 is 58.4. The molecule has 13 heteroatoms. The first-order valence-electron chi connectivity index (χ1n) is 8.25. The molecule has 2 rings (SSSR count). The Kier molecular flexibility index (Phi) is 8.41. The fourth-order valence-corrected chi connectivity index (χ4v) is 4.02. The van der Waals surface area contributed by atoms with Crippen molar-refractivity contribution in [1.82, 2.24) is 14.3 Å². The van der Waals surface area contributed by atoms with Gasteiger partial charge in [0.2, 0.25) is 5.88 Å². The van der Waals surface area contributed by atoms with Crippen LogP contribution >= 0.6 is 11.8 Å². The first-order valence-corrected chi connectivity index (χ1v) is 10.7. The molecule has 0 spiro atoms. The van der Waals surface area contributed by atoms with Crippen molar-refractivity contribution in [2.45, 2.75) is 30.3 Å². The van der Waals surface area contributed by atoms with E-state index in [0.717, 1.165) is 18.2 Å². The van der Waals surface area contributed by atoms with Crippen LogP contribution in [0.3, 0.4) is 0 Å².